The van der Waals surface area contributed by atoms with Crippen molar-refractivity contribution in [3.05, 3.63) is 0 Å². The largest absolute Gasteiger partial charge is 0.480 e. The number of likely N-dealkylation sites (tertiary alicyclic amines) is 1. The summed E-state index contributed by atoms with van der Waals surface area (Å²) in [5.41, 5.74) is 0. The van der Waals surface area contributed by atoms with Gasteiger partial charge in [-0.2, -0.15) is 0 Å². The minimum absolute atomic E-state index is 0.375. The SMILES string of the molecule is CCN1CCC(CNC(=O)N[C@@H](CC(=O)OC)C(=O)O)C1. The zero-order valence-electron chi connectivity index (χ0n) is 12.4. The molecule has 0 radical (unpaired) electrons. The minimum atomic E-state index is -1.28. The van der Waals surface area contributed by atoms with E-state index < -0.39 is 30.4 Å². The Morgan fingerprint density at radius 2 is 2.14 bits per heavy atom. The first kappa shape index (κ1) is 17.2. The molecule has 1 fully saturated rings. The Balaban J connectivity index is 2.33. The maximum Gasteiger partial charge on any atom is 0.326 e. The third-order valence-electron chi connectivity index (χ3n) is 3.57. The summed E-state index contributed by atoms with van der Waals surface area (Å²) in [6.07, 6.45) is 0.616. The van der Waals surface area contributed by atoms with Gasteiger partial charge in [0.2, 0.25) is 0 Å². The number of nitrogens with zero attached hydrogens (tertiary/aromatic N) is 1. The number of ether oxygens (including phenoxy) is 1. The van der Waals surface area contributed by atoms with Crippen molar-refractivity contribution in [3.8, 4) is 0 Å². The maximum absolute atomic E-state index is 11.7. The number of urea groups is 1. The van der Waals surface area contributed by atoms with Gasteiger partial charge in [-0.25, -0.2) is 9.59 Å². The lowest BCUT2D eigenvalue weighted by Crippen LogP contribution is -2.48. The second-order valence-corrected chi connectivity index (χ2v) is 5.07. The molecule has 0 saturated carbocycles. The van der Waals surface area contributed by atoms with Crippen LogP contribution in [0.25, 0.3) is 0 Å². The number of nitrogens with one attached hydrogen (secondary N) is 2. The molecular weight excluding hydrogens is 278 g/mol. The molecule has 1 aliphatic heterocycles. The standard InChI is InChI=1S/C13H23N3O5/c1-3-16-5-4-9(8-16)7-14-13(20)15-10(12(18)19)6-11(17)21-2/h9-10H,3-8H2,1-2H3,(H,18,19)(H2,14,15,20)/t9?,10-/m0/s1. The lowest BCUT2D eigenvalue weighted by molar-refractivity contribution is -0.147. The van der Waals surface area contributed by atoms with E-state index in [2.05, 4.69) is 27.2 Å². The summed E-state index contributed by atoms with van der Waals surface area (Å²) in [6, 6.07) is -1.87. The van der Waals surface area contributed by atoms with E-state index in [1.54, 1.807) is 0 Å². The first-order valence-corrected chi connectivity index (χ1v) is 7.02. The van der Waals surface area contributed by atoms with Gasteiger partial charge in [0.25, 0.3) is 0 Å². The zero-order chi connectivity index (χ0) is 15.8. The average molecular weight is 301 g/mol. The van der Waals surface area contributed by atoms with Crippen LogP contribution < -0.4 is 10.6 Å². The number of carbonyl (C=O) groups is 3. The number of esters is 1. The number of rotatable bonds is 7. The van der Waals surface area contributed by atoms with Crippen molar-refractivity contribution < 1.29 is 24.2 Å². The van der Waals surface area contributed by atoms with E-state index >= 15 is 0 Å². The normalized spacial score (nSPS) is 19.8. The Morgan fingerprint density at radius 3 is 2.67 bits per heavy atom. The zero-order valence-corrected chi connectivity index (χ0v) is 12.4. The van der Waals surface area contributed by atoms with Crippen molar-refractivity contribution in [1.82, 2.24) is 15.5 Å². The second kappa shape index (κ2) is 8.46. The molecule has 120 valence electrons. The van der Waals surface area contributed by atoms with Crippen LogP contribution in [0.1, 0.15) is 19.8 Å². The molecule has 1 heterocycles. The van der Waals surface area contributed by atoms with E-state index in [0.717, 1.165) is 26.1 Å². The van der Waals surface area contributed by atoms with Gasteiger partial charge in [-0.3, -0.25) is 4.79 Å². The minimum Gasteiger partial charge on any atom is -0.480 e. The Morgan fingerprint density at radius 1 is 1.43 bits per heavy atom. The smallest absolute Gasteiger partial charge is 0.326 e. The van der Waals surface area contributed by atoms with Crippen LogP contribution in [0.15, 0.2) is 0 Å². The molecule has 21 heavy (non-hydrogen) atoms. The summed E-state index contributed by atoms with van der Waals surface area (Å²) in [6.45, 7) is 5.52. The summed E-state index contributed by atoms with van der Waals surface area (Å²) in [5.74, 6) is -1.58. The summed E-state index contributed by atoms with van der Waals surface area (Å²) in [5, 5.41) is 13.9. The van der Waals surface area contributed by atoms with E-state index in [0.29, 0.717) is 12.5 Å². The first-order valence-electron chi connectivity index (χ1n) is 7.02. The highest BCUT2D eigenvalue weighted by molar-refractivity contribution is 5.86. The van der Waals surface area contributed by atoms with Gasteiger partial charge in [0.05, 0.1) is 13.5 Å². The second-order valence-electron chi connectivity index (χ2n) is 5.07. The molecule has 0 spiro atoms. The number of carbonyl (C=O) groups excluding carboxylic acids is 2. The lowest BCUT2D eigenvalue weighted by Gasteiger charge is -2.16. The monoisotopic (exact) mass is 301 g/mol. The molecular formula is C13H23N3O5. The van der Waals surface area contributed by atoms with Gasteiger partial charge in [0.15, 0.2) is 0 Å². The van der Waals surface area contributed by atoms with Crippen LogP contribution in [-0.2, 0) is 14.3 Å². The lowest BCUT2D eigenvalue weighted by atomic mass is 10.1. The van der Waals surface area contributed by atoms with Gasteiger partial charge < -0.3 is 25.4 Å². The van der Waals surface area contributed by atoms with Gasteiger partial charge in [0, 0.05) is 13.1 Å². The highest BCUT2D eigenvalue weighted by Crippen LogP contribution is 2.14. The maximum atomic E-state index is 11.7. The number of methoxy groups -OCH3 is 1. The third kappa shape index (κ3) is 5.99. The van der Waals surface area contributed by atoms with Crippen LogP contribution in [0.3, 0.4) is 0 Å². The number of hydrogen-bond acceptors (Lipinski definition) is 5. The molecule has 1 aliphatic rings. The molecule has 0 bridgehead atoms. The molecule has 1 rings (SSSR count). The number of carboxylic acids is 1. The van der Waals surface area contributed by atoms with Crippen molar-refractivity contribution in [2.24, 2.45) is 5.92 Å². The molecule has 2 atom stereocenters. The first-order chi connectivity index (χ1) is 9.96. The molecule has 0 aromatic heterocycles. The topological polar surface area (TPSA) is 108 Å². The molecule has 8 heteroatoms. The number of hydrogen-bond donors (Lipinski definition) is 3. The van der Waals surface area contributed by atoms with Crippen molar-refractivity contribution in [2.45, 2.75) is 25.8 Å². The Labute approximate surface area is 123 Å². The fourth-order valence-corrected chi connectivity index (χ4v) is 2.26. The van der Waals surface area contributed by atoms with Crippen molar-refractivity contribution in [1.29, 1.82) is 0 Å². The van der Waals surface area contributed by atoms with Crippen LogP contribution in [0, 0.1) is 5.92 Å². The van der Waals surface area contributed by atoms with E-state index in [1.807, 2.05) is 0 Å². The molecule has 2 amide bonds. The van der Waals surface area contributed by atoms with Gasteiger partial charge in [-0.15, -0.1) is 0 Å². The van der Waals surface area contributed by atoms with Gasteiger partial charge >= 0.3 is 18.0 Å². The number of aliphatic carboxylic acids is 1. The Kier molecular flexibility index (Phi) is 6.93. The summed E-state index contributed by atoms with van der Waals surface area (Å²) in [4.78, 5) is 36.0. The van der Waals surface area contributed by atoms with Gasteiger partial charge in [-0.05, 0) is 25.4 Å². The van der Waals surface area contributed by atoms with E-state index in [9.17, 15) is 14.4 Å². The molecule has 0 aromatic rings. The molecule has 8 nitrogen and oxygen atoms in total. The quantitative estimate of drug-likeness (QED) is 0.554. The van der Waals surface area contributed by atoms with Crippen molar-refractivity contribution >= 4 is 18.0 Å². The number of carboxylic acid groups (broad SMARTS) is 1. The third-order valence-corrected chi connectivity index (χ3v) is 3.57. The van der Waals surface area contributed by atoms with Crippen molar-refractivity contribution in [3.63, 3.8) is 0 Å². The van der Waals surface area contributed by atoms with Gasteiger partial charge in [0.1, 0.15) is 6.04 Å². The Hall–Kier alpha value is -1.83. The summed E-state index contributed by atoms with van der Waals surface area (Å²) in [7, 11) is 1.17. The Bertz CT molecular complexity index is 388. The van der Waals surface area contributed by atoms with E-state index in [-0.39, 0.29) is 0 Å². The van der Waals surface area contributed by atoms with Crippen molar-refractivity contribution in [2.75, 3.05) is 33.3 Å². The summed E-state index contributed by atoms with van der Waals surface area (Å²) < 4.78 is 4.40. The molecule has 1 unspecified atom stereocenters. The van der Waals surface area contributed by atoms with Crippen LogP contribution in [0.2, 0.25) is 0 Å². The van der Waals surface area contributed by atoms with E-state index in [4.69, 9.17) is 5.11 Å². The molecule has 0 aliphatic carbocycles. The predicted octanol–water partition coefficient (Wildman–Crippen LogP) is -0.356. The van der Waals surface area contributed by atoms with Crippen LogP contribution in [-0.4, -0.2) is 67.3 Å². The fourth-order valence-electron chi connectivity index (χ4n) is 2.26. The van der Waals surface area contributed by atoms with Crippen LogP contribution in [0.5, 0.6) is 0 Å². The predicted molar refractivity (Wildman–Crippen MR) is 74.8 cm³/mol. The molecule has 1 saturated heterocycles. The van der Waals surface area contributed by atoms with Crippen LogP contribution >= 0.6 is 0 Å². The molecule has 3 N–H and O–H groups in total. The fraction of sp³-hybridized carbons (Fsp3) is 0.769. The highest BCUT2D eigenvalue weighted by atomic mass is 16.5. The van der Waals surface area contributed by atoms with E-state index in [1.165, 1.54) is 7.11 Å². The van der Waals surface area contributed by atoms with Gasteiger partial charge in [-0.1, -0.05) is 6.92 Å². The highest BCUT2D eigenvalue weighted by Gasteiger charge is 2.25. The average Bonchev–Trinajstić information content (AvgIpc) is 2.92. The summed E-state index contributed by atoms with van der Waals surface area (Å²) >= 11 is 0. The van der Waals surface area contributed by atoms with Crippen LogP contribution in [0.4, 0.5) is 4.79 Å². The molecule has 0 aromatic carbocycles. The number of amides is 2.